The van der Waals surface area contributed by atoms with Crippen LogP contribution in [-0.2, 0) is 6.18 Å². The Labute approximate surface area is 179 Å². The molecule has 0 atom stereocenters. The quantitative estimate of drug-likeness (QED) is 0.293. The summed E-state index contributed by atoms with van der Waals surface area (Å²) in [5.41, 5.74) is -1.47. The summed E-state index contributed by atoms with van der Waals surface area (Å²) in [7, 11) is 0. The first kappa shape index (κ1) is 20.7. The molecule has 0 aliphatic rings. The van der Waals surface area contributed by atoms with Crippen molar-refractivity contribution in [3.8, 4) is 11.4 Å². The first-order valence-electron chi connectivity index (χ1n) is 9.04. The second-order valence-electron chi connectivity index (χ2n) is 6.66. The first-order valence-corrected chi connectivity index (χ1v) is 9.41. The molecule has 0 N–H and O–H groups in total. The summed E-state index contributed by atoms with van der Waals surface area (Å²) in [5, 5.41) is 0.854. The van der Waals surface area contributed by atoms with E-state index in [0.717, 1.165) is 16.7 Å². The van der Waals surface area contributed by atoms with Gasteiger partial charge in [0, 0.05) is 27.7 Å². The lowest BCUT2D eigenvalue weighted by Gasteiger charge is -2.14. The SMILES string of the molecule is O=C(Oc1cccc(Cl)c1)c1cn(-c2cccc(C(F)(F)F)c2)c(=O)c2ccccc12. The number of halogens is 4. The molecule has 0 saturated heterocycles. The lowest BCUT2D eigenvalue weighted by Crippen LogP contribution is -2.22. The predicted molar refractivity (Wildman–Crippen MR) is 111 cm³/mol. The minimum Gasteiger partial charge on any atom is -0.423 e. The van der Waals surface area contributed by atoms with E-state index in [4.69, 9.17) is 16.3 Å². The molecule has 4 rings (SSSR count). The molecule has 4 aromatic rings. The topological polar surface area (TPSA) is 48.3 Å². The fourth-order valence-electron chi connectivity index (χ4n) is 3.17. The summed E-state index contributed by atoms with van der Waals surface area (Å²) in [5.74, 6) is -0.586. The van der Waals surface area contributed by atoms with Crippen LogP contribution in [0, 0.1) is 0 Å². The number of rotatable bonds is 3. The van der Waals surface area contributed by atoms with Crippen LogP contribution in [0.5, 0.6) is 5.75 Å². The van der Waals surface area contributed by atoms with Crippen LogP contribution in [0.3, 0.4) is 0 Å². The van der Waals surface area contributed by atoms with Crippen LogP contribution in [0.25, 0.3) is 16.5 Å². The maximum absolute atomic E-state index is 13.1. The summed E-state index contributed by atoms with van der Waals surface area (Å²) in [6.45, 7) is 0. The molecule has 0 aliphatic heterocycles. The van der Waals surface area contributed by atoms with E-state index >= 15 is 0 Å². The largest absolute Gasteiger partial charge is 0.423 e. The van der Waals surface area contributed by atoms with Gasteiger partial charge in [-0.05, 0) is 42.5 Å². The third-order valence-corrected chi connectivity index (χ3v) is 4.84. The van der Waals surface area contributed by atoms with Crippen molar-refractivity contribution in [2.24, 2.45) is 0 Å². The Morgan fingerprint density at radius 2 is 1.61 bits per heavy atom. The van der Waals surface area contributed by atoms with Gasteiger partial charge >= 0.3 is 12.1 Å². The Bertz CT molecular complexity index is 1360. The van der Waals surface area contributed by atoms with Gasteiger partial charge in [-0.15, -0.1) is 0 Å². The standard InChI is InChI=1S/C23H13ClF3NO3/c24-15-6-4-8-17(12-15)31-22(30)20-13-28(21(29)19-10-2-1-9-18(19)20)16-7-3-5-14(11-16)23(25,26)27/h1-13H. The van der Waals surface area contributed by atoms with Gasteiger partial charge < -0.3 is 4.74 Å². The smallest absolute Gasteiger partial charge is 0.416 e. The fraction of sp³-hybridized carbons (Fsp3) is 0.0435. The number of benzene rings is 3. The van der Waals surface area contributed by atoms with Gasteiger partial charge in [-0.2, -0.15) is 13.2 Å². The van der Waals surface area contributed by atoms with Gasteiger partial charge in [0.05, 0.1) is 11.1 Å². The van der Waals surface area contributed by atoms with Crippen LogP contribution in [0.2, 0.25) is 5.02 Å². The second-order valence-corrected chi connectivity index (χ2v) is 7.09. The number of fused-ring (bicyclic) bond motifs is 1. The van der Waals surface area contributed by atoms with Crippen molar-refractivity contribution < 1.29 is 22.7 Å². The van der Waals surface area contributed by atoms with Crippen molar-refractivity contribution in [1.82, 2.24) is 4.57 Å². The summed E-state index contributed by atoms with van der Waals surface area (Å²) >= 11 is 5.92. The number of carbonyl (C=O) groups is 1. The normalized spacial score (nSPS) is 11.5. The molecule has 0 bridgehead atoms. The Kier molecular flexibility index (Phi) is 5.29. The molecule has 0 amide bonds. The van der Waals surface area contributed by atoms with E-state index in [9.17, 15) is 22.8 Å². The molecule has 1 aromatic heterocycles. The number of nitrogens with zero attached hydrogens (tertiary/aromatic N) is 1. The summed E-state index contributed by atoms with van der Waals surface area (Å²) < 4.78 is 45.8. The van der Waals surface area contributed by atoms with Crippen LogP contribution in [0.4, 0.5) is 13.2 Å². The Morgan fingerprint density at radius 1 is 0.903 bits per heavy atom. The zero-order chi connectivity index (χ0) is 22.2. The van der Waals surface area contributed by atoms with Gasteiger partial charge in [0.25, 0.3) is 5.56 Å². The average molecular weight is 444 g/mol. The predicted octanol–water partition coefficient (Wildman–Crippen LogP) is 5.88. The molecule has 8 heteroatoms. The minimum absolute atomic E-state index is 0.0209. The van der Waals surface area contributed by atoms with Crippen molar-refractivity contribution in [1.29, 1.82) is 0 Å². The molecule has 4 nitrogen and oxygen atoms in total. The third-order valence-electron chi connectivity index (χ3n) is 4.60. The lowest BCUT2D eigenvalue weighted by atomic mass is 10.1. The van der Waals surface area contributed by atoms with Gasteiger partial charge in [-0.1, -0.05) is 41.9 Å². The molecular weight excluding hydrogens is 431 g/mol. The first-order chi connectivity index (χ1) is 14.7. The Morgan fingerprint density at radius 3 is 2.32 bits per heavy atom. The number of hydrogen-bond donors (Lipinski definition) is 0. The van der Waals surface area contributed by atoms with Gasteiger partial charge in [0.1, 0.15) is 5.75 Å². The molecule has 0 radical (unpaired) electrons. The fourth-order valence-corrected chi connectivity index (χ4v) is 3.35. The highest BCUT2D eigenvalue weighted by Crippen LogP contribution is 2.30. The second kappa shape index (κ2) is 7.92. The molecule has 156 valence electrons. The molecular formula is C23H13ClF3NO3. The molecule has 0 fully saturated rings. The number of aromatic nitrogens is 1. The zero-order valence-electron chi connectivity index (χ0n) is 15.7. The van der Waals surface area contributed by atoms with Crippen molar-refractivity contribution in [3.05, 3.63) is 105 Å². The highest BCUT2D eigenvalue weighted by atomic mass is 35.5. The highest BCUT2D eigenvalue weighted by molar-refractivity contribution is 6.30. The van der Waals surface area contributed by atoms with E-state index in [2.05, 4.69) is 0 Å². The third kappa shape index (κ3) is 4.18. The zero-order valence-corrected chi connectivity index (χ0v) is 16.4. The van der Waals surface area contributed by atoms with E-state index in [1.165, 1.54) is 36.5 Å². The molecule has 0 spiro atoms. The summed E-state index contributed by atoms with van der Waals surface area (Å²) in [6, 6.07) is 16.8. The molecule has 0 unspecified atom stereocenters. The van der Waals surface area contributed by atoms with Crippen molar-refractivity contribution >= 4 is 28.3 Å². The average Bonchev–Trinajstić information content (AvgIpc) is 2.73. The summed E-state index contributed by atoms with van der Waals surface area (Å²) in [6.07, 6.45) is -3.39. The summed E-state index contributed by atoms with van der Waals surface area (Å²) in [4.78, 5) is 25.9. The van der Waals surface area contributed by atoms with Gasteiger partial charge in [0.2, 0.25) is 0 Å². The van der Waals surface area contributed by atoms with Crippen molar-refractivity contribution in [2.45, 2.75) is 6.18 Å². The Hall–Kier alpha value is -3.58. The maximum Gasteiger partial charge on any atom is 0.416 e. The van der Waals surface area contributed by atoms with E-state index in [1.807, 2.05) is 0 Å². The number of hydrogen-bond acceptors (Lipinski definition) is 3. The number of alkyl halides is 3. The van der Waals surface area contributed by atoms with Gasteiger partial charge in [-0.3, -0.25) is 9.36 Å². The van der Waals surface area contributed by atoms with Gasteiger partial charge in [-0.25, -0.2) is 4.79 Å². The molecule has 31 heavy (non-hydrogen) atoms. The molecule has 0 aliphatic carbocycles. The maximum atomic E-state index is 13.1. The number of pyridine rings is 1. The highest BCUT2D eigenvalue weighted by Gasteiger charge is 2.30. The number of esters is 1. The van der Waals surface area contributed by atoms with Crippen LogP contribution in [0.15, 0.2) is 83.8 Å². The van der Waals surface area contributed by atoms with E-state index in [1.54, 1.807) is 30.3 Å². The van der Waals surface area contributed by atoms with Crippen molar-refractivity contribution in [3.63, 3.8) is 0 Å². The van der Waals surface area contributed by atoms with Crippen LogP contribution in [0.1, 0.15) is 15.9 Å². The van der Waals surface area contributed by atoms with Crippen LogP contribution < -0.4 is 10.3 Å². The molecule has 0 saturated carbocycles. The lowest BCUT2D eigenvalue weighted by molar-refractivity contribution is -0.137. The van der Waals surface area contributed by atoms with Crippen LogP contribution >= 0.6 is 11.6 Å². The molecule has 1 heterocycles. The molecule has 3 aromatic carbocycles. The van der Waals surface area contributed by atoms with E-state index in [-0.39, 0.29) is 22.4 Å². The minimum atomic E-state index is -4.58. The number of ether oxygens (including phenoxy) is 1. The number of carbonyl (C=O) groups excluding carboxylic acids is 1. The van der Waals surface area contributed by atoms with E-state index < -0.39 is 23.3 Å². The van der Waals surface area contributed by atoms with Gasteiger partial charge in [0.15, 0.2) is 0 Å². The Balaban J connectivity index is 1.88. The van der Waals surface area contributed by atoms with E-state index in [0.29, 0.717) is 10.4 Å². The van der Waals surface area contributed by atoms with Crippen LogP contribution in [-0.4, -0.2) is 10.5 Å². The van der Waals surface area contributed by atoms with Crippen molar-refractivity contribution in [2.75, 3.05) is 0 Å². The monoisotopic (exact) mass is 443 g/mol.